The van der Waals surface area contributed by atoms with Crippen LogP contribution in [0.1, 0.15) is 18.4 Å². The summed E-state index contributed by atoms with van der Waals surface area (Å²) in [5.74, 6) is -1.24. The van der Waals surface area contributed by atoms with Crippen LogP contribution in [0.2, 0.25) is 0 Å². The Balaban J connectivity index is 1.79. The van der Waals surface area contributed by atoms with E-state index in [0.29, 0.717) is 13.1 Å². The van der Waals surface area contributed by atoms with Crippen molar-refractivity contribution in [2.45, 2.75) is 25.6 Å². The zero-order valence-corrected chi connectivity index (χ0v) is 11.9. The molecule has 1 unspecified atom stereocenters. The van der Waals surface area contributed by atoms with Crippen molar-refractivity contribution in [1.82, 2.24) is 10.2 Å². The number of hydrogen-bond donors (Lipinski definition) is 1. The standard InChI is InChI=1S/C15H17F3N2O2/c16-15(17,18)7-13(21)19-8-12-6-14(22)20(10-12)9-11-4-2-1-3-5-11/h1-5,12H,6-10H2,(H,19,21). The molecular formula is C15H17F3N2O2. The van der Waals surface area contributed by atoms with Gasteiger partial charge in [0.05, 0.1) is 0 Å². The number of hydrogen-bond acceptors (Lipinski definition) is 2. The van der Waals surface area contributed by atoms with Crippen LogP contribution >= 0.6 is 0 Å². The van der Waals surface area contributed by atoms with Crippen LogP contribution in [0.15, 0.2) is 30.3 Å². The molecule has 0 aliphatic carbocycles. The maximum Gasteiger partial charge on any atom is 0.397 e. The molecule has 2 rings (SSSR count). The highest BCUT2D eigenvalue weighted by Crippen LogP contribution is 2.21. The average Bonchev–Trinajstić information content (AvgIpc) is 2.76. The number of likely N-dealkylation sites (tertiary alicyclic amines) is 1. The first-order valence-electron chi connectivity index (χ1n) is 6.98. The lowest BCUT2D eigenvalue weighted by molar-refractivity contribution is -0.153. The van der Waals surface area contributed by atoms with E-state index in [1.807, 2.05) is 30.3 Å². The van der Waals surface area contributed by atoms with Crippen LogP contribution < -0.4 is 5.32 Å². The number of carbonyl (C=O) groups excluding carboxylic acids is 2. The van der Waals surface area contributed by atoms with E-state index in [1.54, 1.807) is 4.90 Å². The van der Waals surface area contributed by atoms with Gasteiger partial charge in [0.25, 0.3) is 0 Å². The largest absolute Gasteiger partial charge is 0.397 e. The molecule has 1 aliphatic rings. The molecule has 22 heavy (non-hydrogen) atoms. The smallest absolute Gasteiger partial charge is 0.355 e. The number of benzene rings is 1. The van der Waals surface area contributed by atoms with Gasteiger partial charge in [-0.3, -0.25) is 9.59 Å². The van der Waals surface area contributed by atoms with E-state index in [2.05, 4.69) is 5.32 Å². The number of carbonyl (C=O) groups is 2. The average molecular weight is 314 g/mol. The number of nitrogens with zero attached hydrogens (tertiary/aromatic N) is 1. The van der Waals surface area contributed by atoms with Gasteiger partial charge in [0.1, 0.15) is 6.42 Å². The predicted molar refractivity (Wildman–Crippen MR) is 73.6 cm³/mol. The van der Waals surface area contributed by atoms with Crippen LogP contribution in [0.3, 0.4) is 0 Å². The van der Waals surface area contributed by atoms with Gasteiger partial charge >= 0.3 is 6.18 Å². The molecule has 1 fully saturated rings. The molecule has 1 aromatic carbocycles. The Kier molecular flexibility index (Phi) is 5.05. The van der Waals surface area contributed by atoms with Crippen LogP contribution in [0.25, 0.3) is 0 Å². The van der Waals surface area contributed by atoms with E-state index in [9.17, 15) is 22.8 Å². The topological polar surface area (TPSA) is 49.4 Å². The second-order valence-electron chi connectivity index (χ2n) is 5.43. The Morgan fingerprint density at radius 1 is 1.27 bits per heavy atom. The normalized spacial score (nSPS) is 18.6. The zero-order chi connectivity index (χ0) is 16.2. The molecule has 0 saturated carbocycles. The molecule has 4 nitrogen and oxygen atoms in total. The Morgan fingerprint density at radius 2 is 1.95 bits per heavy atom. The molecule has 1 aliphatic heterocycles. The lowest BCUT2D eigenvalue weighted by Gasteiger charge is -2.17. The summed E-state index contributed by atoms with van der Waals surface area (Å²) < 4.78 is 36.1. The highest BCUT2D eigenvalue weighted by atomic mass is 19.4. The number of halogens is 3. The number of amides is 2. The van der Waals surface area contributed by atoms with Crippen molar-refractivity contribution in [3.8, 4) is 0 Å². The predicted octanol–water partition coefficient (Wildman–Crippen LogP) is 2.10. The monoisotopic (exact) mass is 314 g/mol. The van der Waals surface area contributed by atoms with Crippen LogP contribution in [-0.4, -0.2) is 36.0 Å². The Morgan fingerprint density at radius 3 is 2.59 bits per heavy atom. The fourth-order valence-corrected chi connectivity index (χ4v) is 2.45. The number of rotatable bonds is 5. The summed E-state index contributed by atoms with van der Waals surface area (Å²) in [7, 11) is 0. The highest BCUT2D eigenvalue weighted by Gasteiger charge is 2.33. The minimum atomic E-state index is -4.51. The summed E-state index contributed by atoms with van der Waals surface area (Å²) in [6.45, 7) is 1.01. The van der Waals surface area contributed by atoms with Crippen molar-refractivity contribution in [3.63, 3.8) is 0 Å². The van der Waals surface area contributed by atoms with Gasteiger partial charge in [-0.15, -0.1) is 0 Å². The van der Waals surface area contributed by atoms with Crippen LogP contribution in [-0.2, 0) is 16.1 Å². The molecule has 7 heteroatoms. The van der Waals surface area contributed by atoms with Gasteiger partial charge in [-0.05, 0) is 5.56 Å². The Bertz CT molecular complexity index is 531. The van der Waals surface area contributed by atoms with Gasteiger partial charge in [-0.1, -0.05) is 30.3 Å². The van der Waals surface area contributed by atoms with Crippen molar-refractivity contribution in [1.29, 1.82) is 0 Å². The van der Waals surface area contributed by atoms with E-state index in [0.717, 1.165) is 5.56 Å². The number of alkyl halides is 3. The number of nitrogens with one attached hydrogen (secondary N) is 1. The lowest BCUT2D eigenvalue weighted by atomic mass is 10.1. The fourth-order valence-electron chi connectivity index (χ4n) is 2.45. The van der Waals surface area contributed by atoms with Gasteiger partial charge in [0.15, 0.2) is 0 Å². The van der Waals surface area contributed by atoms with Gasteiger partial charge < -0.3 is 10.2 Å². The molecule has 1 heterocycles. The van der Waals surface area contributed by atoms with Crippen LogP contribution in [0.4, 0.5) is 13.2 Å². The second kappa shape index (κ2) is 6.81. The molecule has 1 atom stereocenters. The summed E-state index contributed by atoms with van der Waals surface area (Å²) in [4.78, 5) is 24.7. The third-order valence-electron chi connectivity index (χ3n) is 3.46. The Labute approximate surface area is 126 Å². The molecule has 120 valence electrons. The minimum absolute atomic E-state index is 0.0427. The van der Waals surface area contributed by atoms with E-state index in [1.165, 1.54) is 0 Å². The van der Waals surface area contributed by atoms with Crippen molar-refractivity contribution in [3.05, 3.63) is 35.9 Å². The Hall–Kier alpha value is -2.05. The fraction of sp³-hybridized carbons (Fsp3) is 0.467. The van der Waals surface area contributed by atoms with Crippen molar-refractivity contribution < 1.29 is 22.8 Å². The maximum absolute atomic E-state index is 12.0. The van der Waals surface area contributed by atoms with E-state index < -0.39 is 18.5 Å². The first-order chi connectivity index (χ1) is 10.3. The molecule has 2 amide bonds. The van der Waals surface area contributed by atoms with Crippen LogP contribution in [0.5, 0.6) is 0 Å². The molecule has 1 N–H and O–H groups in total. The second-order valence-corrected chi connectivity index (χ2v) is 5.43. The SMILES string of the molecule is O=C(CC(F)(F)F)NCC1CC(=O)N(Cc2ccccc2)C1. The molecule has 0 spiro atoms. The third kappa shape index (κ3) is 5.05. The molecule has 1 saturated heterocycles. The van der Waals surface area contributed by atoms with Gasteiger partial charge in [0, 0.05) is 32.0 Å². The quantitative estimate of drug-likeness (QED) is 0.905. The van der Waals surface area contributed by atoms with E-state index >= 15 is 0 Å². The van der Waals surface area contributed by atoms with Crippen molar-refractivity contribution >= 4 is 11.8 Å². The van der Waals surface area contributed by atoms with Gasteiger partial charge in [-0.25, -0.2) is 0 Å². The summed E-state index contributed by atoms with van der Waals surface area (Å²) >= 11 is 0. The van der Waals surface area contributed by atoms with Crippen LogP contribution in [0, 0.1) is 5.92 Å². The highest BCUT2D eigenvalue weighted by molar-refractivity contribution is 5.79. The zero-order valence-electron chi connectivity index (χ0n) is 11.9. The minimum Gasteiger partial charge on any atom is -0.355 e. The van der Waals surface area contributed by atoms with Gasteiger partial charge in [0.2, 0.25) is 11.8 Å². The van der Waals surface area contributed by atoms with Crippen molar-refractivity contribution in [2.75, 3.05) is 13.1 Å². The molecular weight excluding hydrogens is 297 g/mol. The summed E-state index contributed by atoms with van der Waals surface area (Å²) in [6.07, 6.45) is -5.74. The molecule has 1 aromatic rings. The van der Waals surface area contributed by atoms with E-state index in [4.69, 9.17) is 0 Å². The first kappa shape index (κ1) is 16.3. The molecule has 0 radical (unpaired) electrons. The third-order valence-corrected chi connectivity index (χ3v) is 3.46. The molecule has 0 bridgehead atoms. The lowest BCUT2D eigenvalue weighted by Crippen LogP contribution is -2.33. The maximum atomic E-state index is 12.0. The summed E-state index contributed by atoms with van der Waals surface area (Å²) in [5, 5.41) is 2.25. The summed E-state index contributed by atoms with van der Waals surface area (Å²) in [6, 6.07) is 9.46. The molecule has 0 aromatic heterocycles. The van der Waals surface area contributed by atoms with E-state index in [-0.39, 0.29) is 24.8 Å². The first-order valence-corrected chi connectivity index (χ1v) is 6.98. The van der Waals surface area contributed by atoms with Gasteiger partial charge in [-0.2, -0.15) is 13.2 Å². The summed E-state index contributed by atoms with van der Waals surface area (Å²) in [5.41, 5.74) is 0.998. The van der Waals surface area contributed by atoms with Crippen molar-refractivity contribution in [2.24, 2.45) is 5.92 Å².